The van der Waals surface area contributed by atoms with Crippen LogP contribution in [0.25, 0.3) is 5.57 Å². The molecule has 0 radical (unpaired) electrons. The highest BCUT2D eigenvalue weighted by atomic mass is 28.4. The van der Waals surface area contributed by atoms with E-state index in [4.69, 9.17) is 13.9 Å². The summed E-state index contributed by atoms with van der Waals surface area (Å²) in [7, 11) is 2.18. The second kappa shape index (κ2) is 15.3. The molecule has 1 N–H and O–H groups in total. The number of aromatic nitrogens is 2. The molecule has 1 aliphatic heterocycles. The minimum atomic E-state index is -2.30. The standard InChI is InChI=1S/C37H48N4O8Si/c1-10-17-41(36(45)46)30-21-32(48-23-25-14-12-11-13-15-25)31(47-7)20-28(30)34(43)40-18-16-26(29-22-38(5)35(44)39(6)33(29)42)19-27(40)24-49-50(8,9)37(2,3)4/h10-15,19-22,27H,1,16-18,23-24H2,2-9H3,(H,45,46)/t27-/m0/s1. The first-order valence-electron chi connectivity index (χ1n) is 16.4. The third-order valence-corrected chi connectivity index (χ3v) is 14.0. The fourth-order valence-electron chi connectivity index (χ4n) is 5.48. The third kappa shape index (κ3) is 8.11. The van der Waals surface area contributed by atoms with Gasteiger partial charge >= 0.3 is 11.8 Å². The monoisotopic (exact) mass is 704 g/mol. The van der Waals surface area contributed by atoms with Crippen molar-refractivity contribution >= 4 is 31.6 Å². The number of carbonyl (C=O) groups excluding carboxylic acids is 1. The highest BCUT2D eigenvalue weighted by molar-refractivity contribution is 6.74. The van der Waals surface area contributed by atoms with Crippen LogP contribution in [0, 0.1) is 0 Å². The van der Waals surface area contributed by atoms with Gasteiger partial charge in [-0.3, -0.25) is 19.1 Å². The van der Waals surface area contributed by atoms with E-state index in [-0.39, 0.29) is 54.1 Å². The molecule has 1 aliphatic rings. The van der Waals surface area contributed by atoms with Gasteiger partial charge in [0, 0.05) is 39.4 Å². The molecule has 0 aliphatic carbocycles. The number of carboxylic acid groups (broad SMARTS) is 1. The van der Waals surface area contributed by atoms with E-state index < -0.39 is 37.6 Å². The summed E-state index contributed by atoms with van der Waals surface area (Å²) in [4.78, 5) is 55.6. The summed E-state index contributed by atoms with van der Waals surface area (Å²) in [5.41, 5.74) is 1.28. The summed E-state index contributed by atoms with van der Waals surface area (Å²) in [6.45, 7) is 14.8. The first-order valence-corrected chi connectivity index (χ1v) is 19.3. The average molecular weight is 705 g/mol. The minimum Gasteiger partial charge on any atom is -0.493 e. The van der Waals surface area contributed by atoms with Crippen molar-refractivity contribution in [2.24, 2.45) is 14.1 Å². The van der Waals surface area contributed by atoms with Gasteiger partial charge in [0.1, 0.15) is 6.61 Å². The maximum absolute atomic E-state index is 14.7. The Morgan fingerprint density at radius 1 is 1.10 bits per heavy atom. The lowest BCUT2D eigenvalue weighted by atomic mass is 9.96. The fraction of sp³-hybridized carbons (Fsp3) is 0.405. The molecule has 0 saturated heterocycles. The molecular weight excluding hydrogens is 657 g/mol. The molecule has 3 aromatic rings. The van der Waals surface area contributed by atoms with Gasteiger partial charge in [0.15, 0.2) is 19.8 Å². The Balaban J connectivity index is 1.84. The molecule has 12 nitrogen and oxygen atoms in total. The Kier molecular flexibility index (Phi) is 11.6. The molecule has 0 saturated carbocycles. The molecule has 1 atom stereocenters. The lowest BCUT2D eigenvalue weighted by molar-refractivity contribution is 0.0654. The third-order valence-electron chi connectivity index (χ3n) is 9.47. The number of anilines is 1. The largest absolute Gasteiger partial charge is 0.493 e. The van der Waals surface area contributed by atoms with Crippen LogP contribution in [0.15, 0.2) is 77.0 Å². The van der Waals surface area contributed by atoms with Crippen LogP contribution in [-0.4, -0.2) is 72.3 Å². The van der Waals surface area contributed by atoms with Crippen LogP contribution in [0.2, 0.25) is 18.1 Å². The predicted octanol–water partition coefficient (Wildman–Crippen LogP) is 5.66. The number of carbonyl (C=O) groups is 2. The zero-order chi connectivity index (χ0) is 37.0. The molecule has 1 aromatic heterocycles. The van der Waals surface area contributed by atoms with Crippen LogP contribution in [0.4, 0.5) is 10.5 Å². The number of ether oxygens (including phenoxy) is 2. The summed E-state index contributed by atoms with van der Waals surface area (Å²) in [6, 6.07) is 11.9. The smallest absolute Gasteiger partial charge is 0.412 e. The van der Waals surface area contributed by atoms with Gasteiger partial charge in [0.25, 0.3) is 11.5 Å². The van der Waals surface area contributed by atoms with Crippen molar-refractivity contribution in [3.8, 4) is 11.5 Å². The Morgan fingerprint density at radius 3 is 2.38 bits per heavy atom. The molecule has 2 heterocycles. The number of nitrogens with zero attached hydrogens (tertiary/aromatic N) is 4. The van der Waals surface area contributed by atoms with Gasteiger partial charge in [0.05, 0.1) is 36.6 Å². The van der Waals surface area contributed by atoms with Gasteiger partial charge in [-0.05, 0) is 41.8 Å². The number of hydrogen-bond donors (Lipinski definition) is 1. The second-order valence-electron chi connectivity index (χ2n) is 13.9. The molecular formula is C37H48N4O8Si. The first kappa shape index (κ1) is 37.9. The minimum absolute atomic E-state index is 0.0853. The zero-order valence-corrected chi connectivity index (χ0v) is 31.2. The Hall–Kier alpha value is -4.88. The van der Waals surface area contributed by atoms with Crippen LogP contribution in [0.5, 0.6) is 11.5 Å². The van der Waals surface area contributed by atoms with E-state index >= 15 is 0 Å². The van der Waals surface area contributed by atoms with Crippen molar-refractivity contribution in [2.45, 2.75) is 58.0 Å². The van der Waals surface area contributed by atoms with Gasteiger partial charge < -0.3 is 28.5 Å². The molecule has 0 fully saturated rings. The van der Waals surface area contributed by atoms with E-state index in [1.807, 2.05) is 36.4 Å². The lowest BCUT2D eigenvalue weighted by Gasteiger charge is -2.40. The predicted molar refractivity (Wildman–Crippen MR) is 197 cm³/mol. The summed E-state index contributed by atoms with van der Waals surface area (Å²) in [5, 5.41) is 10.1. The van der Waals surface area contributed by atoms with Crippen molar-refractivity contribution in [2.75, 3.05) is 31.7 Å². The normalized spacial score (nSPS) is 14.9. The maximum atomic E-state index is 14.7. The topological polar surface area (TPSA) is 133 Å². The first-order chi connectivity index (χ1) is 23.5. The van der Waals surface area contributed by atoms with Crippen LogP contribution in [0.3, 0.4) is 0 Å². The molecule has 4 rings (SSSR count). The van der Waals surface area contributed by atoms with Crippen molar-refractivity contribution in [1.82, 2.24) is 14.0 Å². The molecule has 2 aromatic carbocycles. The van der Waals surface area contributed by atoms with E-state index in [0.717, 1.165) is 15.0 Å². The molecule has 2 amide bonds. The van der Waals surface area contributed by atoms with Crippen molar-refractivity contribution in [3.63, 3.8) is 0 Å². The van der Waals surface area contributed by atoms with E-state index in [1.165, 1.54) is 43.1 Å². The van der Waals surface area contributed by atoms with Crippen LogP contribution >= 0.6 is 0 Å². The van der Waals surface area contributed by atoms with Gasteiger partial charge in [-0.25, -0.2) is 9.59 Å². The zero-order valence-electron chi connectivity index (χ0n) is 30.2. The quantitative estimate of drug-likeness (QED) is 0.189. The summed E-state index contributed by atoms with van der Waals surface area (Å²) in [5.74, 6) is 0.0751. The SMILES string of the molecule is C=CCN(C(=O)O)c1cc(OCc2ccccc2)c(OC)cc1C(=O)N1CCC(c2cn(C)c(=O)n(C)c2=O)=C[C@H]1CO[Si](C)(C)C(C)(C)C. The number of hydrogen-bond acceptors (Lipinski definition) is 7. The fourth-order valence-corrected chi connectivity index (χ4v) is 6.50. The van der Waals surface area contributed by atoms with E-state index in [1.54, 1.807) is 11.9 Å². The van der Waals surface area contributed by atoms with E-state index in [2.05, 4.69) is 40.4 Å². The second-order valence-corrected chi connectivity index (χ2v) is 18.7. The molecule has 0 unspecified atom stereocenters. The average Bonchev–Trinajstić information content (AvgIpc) is 3.08. The number of aryl methyl sites for hydroxylation is 1. The molecule has 0 spiro atoms. The van der Waals surface area contributed by atoms with Crippen molar-refractivity contribution < 1.29 is 28.6 Å². The number of benzene rings is 2. The van der Waals surface area contributed by atoms with E-state index in [9.17, 15) is 24.3 Å². The van der Waals surface area contributed by atoms with Crippen molar-refractivity contribution in [3.05, 3.63) is 105 Å². The summed E-state index contributed by atoms with van der Waals surface area (Å²) >= 11 is 0. The highest BCUT2D eigenvalue weighted by Gasteiger charge is 2.39. The van der Waals surface area contributed by atoms with Crippen LogP contribution < -0.4 is 25.6 Å². The lowest BCUT2D eigenvalue weighted by Crippen LogP contribution is -2.49. The van der Waals surface area contributed by atoms with Gasteiger partial charge in [-0.15, -0.1) is 6.58 Å². The van der Waals surface area contributed by atoms with Gasteiger partial charge in [-0.1, -0.05) is 63.3 Å². The molecule has 13 heteroatoms. The summed E-state index contributed by atoms with van der Waals surface area (Å²) in [6.07, 6.45) is 3.86. The molecule has 50 heavy (non-hydrogen) atoms. The molecule has 0 bridgehead atoms. The Bertz CT molecular complexity index is 1890. The van der Waals surface area contributed by atoms with E-state index in [0.29, 0.717) is 17.6 Å². The number of rotatable bonds is 12. The highest BCUT2D eigenvalue weighted by Crippen LogP contribution is 2.39. The van der Waals surface area contributed by atoms with Crippen molar-refractivity contribution in [1.29, 1.82) is 0 Å². The Labute approximate surface area is 293 Å². The maximum Gasteiger partial charge on any atom is 0.412 e. The number of amides is 2. The Morgan fingerprint density at radius 2 is 1.78 bits per heavy atom. The van der Waals surface area contributed by atoms with Gasteiger partial charge in [-0.2, -0.15) is 0 Å². The summed E-state index contributed by atoms with van der Waals surface area (Å²) < 4.78 is 20.8. The van der Waals surface area contributed by atoms with Crippen LogP contribution in [0.1, 0.15) is 48.7 Å². The van der Waals surface area contributed by atoms with Crippen LogP contribution in [-0.2, 0) is 25.1 Å². The van der Waals surface area contributed by atoms with Gasteiger partial charge in [0.2, 0.25) is 0 Å². The number of methoxy groups -OCH3 is 1. The molecule has 268 valence electrons.